The minimum Gasteiger partial charge on any atom is -0.361 e. The van der Waals surface area contributed by atoms with Gasteiger partial charge >= 0.3 is 12.4 Å². The number of hydrogen-bond donors (Lipinski definition) is 0. The molecular weight excluding hydrogens is 226 g/mol. The molecule has 0 bridgehead atoms. The van der Waals surface area contributed by atoms with Crippen molar-refractivity contribution >= 4 is 0 Å². The van der Waals surface area contributed by atoms with E-state index < -0.39 is 24.4 Å². The second-order valence-corrected chi connectivity index (χ2v) is 3.13. The third-order valence-electron chi connectivity index (χ3n) is 2.15. The third kappa shape index (κ3) is 2.76. The molecule has 0 amide bonds. The lowest BCUT2D eigenvalue weighted by Gasteiger charge is -2.35. The Hall–Kier alpha value is -0.460. The van der Waals surface area contributed by atoms with Gasteiger partial charge in [-0.3, -0.25) is 0 Å². The SMILES string of the molecule is CCCCC(OC)(C(F)(F)F)C(F)(F)F. The summed E-state index contributed by atoms with van der Waals surface area (Å²) in [4.78, 5) is 0. The first-order valence-corrected chi connectivity index (χ1v) is 4.31. The molecule has 0 unspecified atom stereocenters. The summed E-state index contributed by atoms with van der Waals surface area (Å²) in [5.41, 5.74) is -4.03. The largest absolute Gasteiger partial charge is 0.426 e. The molecule has 15 heavy (non-hydrogen) atoms. The van der Waals surface area contributed by atoms with E-state index in [0.717, 1.165) is 0 Å². The molecule has 0 aliphatic heterocycles. The van der Waals surface area contributed by atoms with E-state index in [1.54, 1.807) is 0 Å². The standard InChI is InChI=1S/C8H12F6O/c1-3-4-5-6(15-2,7(9,10)11)8(12,13)14/h3-5H2,1-2H3. The highest BCUT2D eigenvalue weighted by Crippen LogP contribution is 2.48. The highest BCUT2D eigenvalue weighted by atomic mass is 19.4. The molecule has 0 aromatic rings. The normalized spacial score (nSPS) is 14.4. The van der Waals surface area contributed by atoms with Gasteiger partial charge in [0.2, 0.25) is 0 Å². The van der Waals surface area contributed by atoms with Gasteiger partial charge in [0.1, 0.15) is 0 Å². The number of alkyl halides is 6. The first-order chi connectivity index (χ1) is 6.62. The lowest BCUT2D eigenvalue weighted by molar-refractivity contribution is -0.377. The minimum absolute atomic E-state index is 0.202. The van der Waals surface area contributed by atoms with E-state index in [0.29, 0.717) is 7.11 Å². The topological polar surface area (TPSA) is 9.23 Å². The Morgan fingerprint density at radius 3 is 1.53 bits per heavy atom. The second kappa shape index (κ2) is 4.59. The number of rotatable bonds is 4. The first kappa shape index (κ1) is 14.5. The molecule has 0 saturated heterocycles. The first-order valence-electron chi connectivity index (χ1n) is 4.31. The van der Waals surface area contributed by atoms with Gasteiger partial charge in [-0.25, -0.2) is 0 Å². The van der Waals surface area contributed by atoms with E-state index in [9.17, 15) is 26.3 Å². The fourth-order valence-corrected chi connectivity index (χ4v) is 1.20. The van der Waals surface area contributed by atoms with Crippen molar-refractivity contribution in [3.8, 4) is 0 Å². The van der Waals surface area contributed by atoms with Crippen LogP contribution in [0.25, 0.3) is 0 Å². The molecule has 0 aromatic heterocycles. The Kier molecular flexibility index (Phi) is 4.45. The van der Waals surface area contributed by atoms with Crippen molar-refractivity contribution in [3.63, 3.8) is 0 Å². The Bertz CT molecular complexity index is 180. The fourth-order valence-electron chi connectivity index (χ4n) is 1.20. The molecule has 0 saturated carbocycles. The average Bonchev–Trinajstić information content (AvgIpc) is 2.01. The summed E-state index contributed by atoms with van der Waals surface area (Å²) >= 11 is 0. The van der Waals surface area contributed by atoms with Crippen LogP contribution in [0.3, 0.4) is 0 Å². The van der Waals surface area contributed by atoms with Gasteiger partial charge < -0.3 is 4.74 Å². The van der Waals surface area contributed by atoms with Crippen molar-refractivity contribution in [2.45, 2.75) is 44.1 Å². The van der Waals surface area contributed by atoms with Crippen LogP contribution >= 0.6 is 0 Å². The summed E-state index contributed by atoms with van der Waals surface area (Å²) in [5, 5.41) is 0. The van der Waals surface area contributed by atoms with Crippen LogP contribution in [0, 0.1) is 0 Å². The molecule has 0 aliphatic rings. The zero-order chi connectivity index (χ0) is 12.3. The van der Waals surface area contributed by atoms with Gasteiger partial charge in [-0.2, -0.15) is 26.3 Å². The van der Waals surface area contributed by atoms with Crippen LogP contribution in [0.2, 0.25) is 0 Å². The quantitative estimate of drug-likeness (QED) is 0.679. The maximum Gasteiger partial charge on any atom is 0.426 e. The summed E-state index contributed by atoms with van der Waals surface area (Å²) in [6, 6.07) is 0. The minimum atomic E-state index is -5.45. The maximum atomic E-state index is 12.3. The van der Waals surface area contributed by atoms with Gasteiger partial charge in [0.25, 0.3) is 5.60 Å². The highest BCUT2D eigenvalue weighted by molar-refractivity contribution is 4.95. The number of hydrogen-bond acceptors (Lipinski definition) is 1. The molecule has 1 nitrogen and oxygen atoms in total. The van der Waals surface area contributed by atoms with E-state index in [-0.39, 0.29) is 12.8 Å². The summed E-state index contributed by atoms with van der Waals surface area (Å²) in [6.45, 7) is 1.51. The molecular formula is C8H12F6O. The average molecular weight is 238 g/mol. The Morgan fingerprint density at radius 2 is 1.33 bits per heavy atom. The van der Waals surface area contributed by atoms with Crippen LogP contribution in [0.5, 0.6) is 0 Å². The second-order valence-electron chi connectivity index (χ2n) is 3.13. The van der Waals surface area contributed by atoms with Crippen molar-refractivity contribution in [2.75, 3.05) is 7.11 Å². The molecule has 0 aliphatic carbocycles. The Morgan fingerprint density at radius 1 is 0.933 bits per heavy atom. The molecule has 0 radical (unpaired) electrons. The molecule has 0 fully saturated rings. The summed E-state index contributed by atoms with van der Waals surface area (Å²) in [5.74, 6) is 0. The molecule has 0 heterocycles. The molecule has 0 N–H and O–H groups in total. The van der Waals surface area contributed by atoms with Crippen molar-refractivity contribution in [2.24, 2.45) is 0 Å². The smallest absolute Gasteiger partial charge is 0.361 e. The zero-order valence-corrected chi connectivity index (χ0v) is 8.30. The van der Waals surface area contributed by atoms with Crippen LogP contribution in [0.1, 0.15) is 26.2 Å². The summed E-state index contributed by atoms with van der Waals surface area (Å²) in [6.07, 6.45) is -12.0. The van der Waals surface area contributed by atoms with Gasteiger partial charge in [0.05, 0.1) is 0 Å². The van der Waals surface area contributed by atoms with Crippen molar-refractivity contribution < 1.29 is 31.1 Å². The molecule has 92 valence electrons. The van der Waals surface area contributed by atoms with E-state index in [1.807, 2.05) is 0 Å². The predicted octanol–water partition coefficient (Wildman–Crippen LogP) is 3.69. The van der Waals surface area contributed by atoms with Crippen LogP contribution < -0.4 is 0 Å². The number of halogens is 6. The van der Waals surface area contributed by atoms with E-state index in [4.69, 9.17) is 0 Å². The van der Waals surface area contributed by atoms with Crippen LogP contribution in [0.4, 0.5) is 26.3 Å². The van der Waals surface area contributed by atoms with Crippen LogP contribution in [-0.4, -0.2) is 25.1 Å². The van der Waals surface area contributed by atoms with Crippen molar-refractivity contribution in [1.82, 2.24) is 0 Å². The summed E-state index contributed by atoms with van der Waals surface area (Å²) in [7, 11) is 0.427. The number of unbranched alkanes of at least 4 members (excludes halogenated alkanes) is 1. The van der Waals surface area contributed by atoms with Gasteiger partial charge in [0, 0.05) is 7.11 Å². The summed E-state index contributed by atoms with van der Waals surface area (Å²) < 4.78 is 77.8. The van der Waals surface area contributed by atoms with Crippen LogP contribution in [-0.2, 0) is 4.74 Å². The van der Waals surface area contributed by atoms with E-state index >= 15 is 0 Å². The van der Waals surface area contributed by atoms with Gasteiger partial charge in [0.15, 0.2) is 0 Å². The molecule has 0 aromatic carbocycles. The predicted molar refractivity (Wildman–Crippen MR) is 41.4 cm³/mol. The molecule has 7 heteroatoms. The third-order valence-corrected chi connectivity index (χ3v) is 2.15. The van der Waals surface area contributed by atoms with Gasteiger partial charge in [-0.05, 0) is 6.42 Å². The molecule has 0 rings (SSSR count). The van der Waals surface area contributed by atoms with E-state index in [2.05, 4.69) is 4.74 Å². The van der Waals surface area contributed by atoms with E-state index in [1.165, 1.54) is 6.92 Å². The number of ether oxygens (including phenoxy) is 1. The zero-order valence-electron chi connectivity index (χ0n) is 8.30. The number of methoxy groups -OCH3 is 1. The maximum absolute atomic E-state index is 12.3. The Labute approximate surface area is 83.4 Å². The van der Waals surface area contributed by atoms with Crippen molar-refractivity contribution in [1.29, 1.82) is 0 Å². The van der Waals surface area contributed by atoms with Crippen LogP contribution in [0.15, 0.2) is 0 Å². The van der Waals surface area contributed by atoms with Gasteiger partial charge in [-0.1, -0.05) is 19.8 Å². The fraction of sp³-hybridized carbons (Fsp3) is 1.00. The molecule has 0 atom stereocenters. The van der Waals surface area contributed by atoms with Crippen molar-refractivity contribution in [3.05, 3.63) is 0 Å². The Balaban J connectivity index is 5.13. The monoisotopic (exact) mass is 238 g/mol. The lowest BCUT2D eigenvalue weighted by atomic mass is 9.95. The molecule has 0 spiro atoms. The van der Waals surface area contributed by atoms with Gasteiger partial charge in [-0.15, -0.1) is 0 Å². The highest BCUT2D eigenvalue weighted by Gasteiger charge is 2.71. The lowest BCUT2D eigenvalue weighted by Crippen LogP contribution is -2.58.